The van der Waals surface area contributed by atoms with Gasteiger partial charge in [0.15, 0.2) is 0 Å². The Kier molecular flexibility index (Phi) is 6.98. The molecule has 4 aromatic rings. The number of benzene rings is 2. The van der Waals surface area contributed by atoms with Crippen LogP contribution in [0.2, 0.25) is 0 Å². The van der Waals surface area contributed by atoms with E-state index in [9.17, 15) is 4.79 Å². The minimum absolute atomic E-state index is 0.174. The Hall–Kier alpha value is -3.87. The highest BCUT2D eigenvalue weighted by molar-refractivity contribution is 5.91. The summed E-state index contributed by atoms with van der Waals surface area (Å²) < 4.78 is 15.2. The third-order valence-electron chi connectivity index (χ3n) is 8.40. The van der Waals surface area contributed by atoms with Gasteiger partial charge < -0.3 is 9.47 Å². The van der Waals surface area contributed by atoms with Crippen molar-refractivity contribution in [3.05, 3.63) is 83.9 Å². The predicted octanol–water partition coefficient (Wildman–Crippen LogP) is 6.68. The molecule has 2 aliphatic carbocycles. The Labute approximate surface area is 229 Å². The zero-order chi connectivity index (χ0) is 26.9. The molecule has 3 atom stereocenters. The van der Waals surface area contributed by atoms with Crippen molar-refractivity contribution in [3.63, 3.8) is 0 Å². The number of hydrogen-bond donors (Lipinski definition) is 0. The van der Waals surface area contributed by atoms with E-state index in [1.54, 1.807) is 6.20 Å². The van der Waals surface area contributed by atoms with Gasteiger partial charge in [0.25, 0.3) is 0 Å². The molecule has 0 bridgehead atoms. The molecule has 0 N–H and O–H groups in total. The molecule has 2 aliphatic rings. The summed E-state index contributed by atoms with van der Waals surface area (Å²) in [4.78, 5) is 12.7. The highest BCUT2D eigenvalue weighted by Crippen LogP contribution is 2.55. The molecule has 7 heteroatoms. The van der Waals surface area contributed by atoms with Gasteiger partial charge in [0, 0.05) is 19.2 Å². The van der Waals surface area contributed by atoms with Crippen LogP contribution in [0.3, 0.4) is 0 Å². The summed E-state index contributed by atoms with van der Waals surface area (Å²) in [6, 6.07) is 16.7. The molecule has 2 unspecified atom stereocenters. The predicted molar refractivity (Wildman–Crippen MR) is 150 cm³/mol. The second-order valence-electron chi connectivity index (χ2n) is 11.0. The highest BCUT2D eigenvalue weighted by Gasteiger charge is 2.45. The minimum atomic E-state index is -0.360. The van der Waals surface area contributed by atoms with Crippen molar-refractivity contribution in [2.24, 2.45) is 13.0 Å². The van der Waals surface area contributed by atoms with Crippen molar-refractivity contribution in [2.75, 3.05) is 7.11 Å². The highest BCUT2D eigenvalue weighted by atomic mass is 16.5. The van der Waals surface area contributed by atoms with Crippen molar-refractivity contribution < 1.29 is 14.3 Å². The normalized spacial score (nSPS) is 20.0. The molecule has 0 saturated heterocycles. The fraction of sp³-hybridized carbons (Fsp3) is 0.406. The van der Waals surface area contributed by atoms with Gasteiger partial charge in [-0.05, 0) is 79.0 Å². The molecule has 2 aromatic carbocycles. The number of methoxy groups -OCH3 is 1. The summed E-state index contributed by atoms with van der Waals surface area (Å²) in [5, 5.41) is 9.00. The van der Waals surface area contributed by atoms with Crippen LogP contribution in [0.1, 0.15) is 78.9 Å². The van der Waals surface area contributed by atoms with Crippen LogP contribution in [-0.4, -0.2) is 38.7 Å². The maximum absolute atomic E-state index is 12.7. The maximum atomic E-state index is 12.7. The second-order valence-corrected chi connectivity index (χ2v) is 11.0. The molecule has 0 aliphatic heterocycles. The van der Waals surface area contributed by atoms with E-state index in [0.717, 1.165) is 34.7 Å². The molecule has 2 saturated carbocycles. The first-order valence-corrected chi connectivity index (χ1v) is 14.0. The van der Waals surface area contributed by atoms with Crippen LogP contribution >= 0.6 is 0 Å². The summed E-state index contributed by atoms with van der Waals surface area (Å²) >= 11 is 0. The van der Waals surface area contributed by atoms with Crippen molar-refractivity contribution in [3.8, 4) is 22.6 Å². The van der Waals surface area contributed by atoms with E-state index in [1.165, 1.54) is 44.8 Å². The molecular weight excluding hydrogens is 488 g/mol. The van der Waals surface area contributed by atoms with Crippen LogP contribution < -0.4 is 4.74 Å². The van der Waals surface area contributed by atoms with E-state index in [0.29, 0.717) is 17.4 Å². The summed E-state index contributed by atoms with van der Waals surface area (Å²) in [7, 11) is 3.34. The van der Waals surface area contributed by atoms with Crippen molar-refractivity contribution in [1.29, 1.82) is 0 Å². The minimum Gasteiger partial charge on any atom is -0.490 e. The molecule has 0 amide bonds. The first-order chi connectivity index (χ1) is 19.0. The second kappa shape index (κ2) is 10.7. The van der Waals surface area contributed by atoms with Crippen LogP contribution in [0, 0.1) is 5.92 Å². The van der Waals surface area contributed by atoms with E-state index < -0.39 is 0 Å². The number of esters is 1. The van der Waals surface area contributed by atoms with Gasteiger partial charge in [0.1, 0.15) is 11.3 Å². The lowest BCUT2D eigenvalue weighted by Crippen LogP contribution is -2.25. The lowest BCUT2D eigenvalue weighted by molar-refractivity contribution is 0.0599. The fourth-order valence-corrected chi connectivity index (χ4v) is 6.17. The molecule has 39 heavy (non-hydrogen) atoms. The number of aromatic nitrogens is 4. The molecule has 6 rings (SSSR count). The van der Waals surface area contributed by atoms with Crippen molar-refractivity contribution in [2.45, 2.75) is 63.4 Å². The standard InChI is InChI=1S/C32H36N4O3/c1-21(22-9-5-4-6-10-22)39-27-14-8-12-24(16-27)23-11-7-13-26(15-23)36-31(30(19-34-36)32(37)38-3)29-17-28(29)25-18-33-35(2)20-25/h7-8,11-16,18-22,28-29H,4-6,9-10,17H2,1-3H3/t21-,28?,29?/m0/s1. The first kappa shape index (κ1) is 25.4. The zero-order valence-corrected chi connectivity index (χ0v) is 22.9. The van der Waals surface area contributed by atoms with Gasteiger partial charge in [0.05, 0.1) is 37.0 Å². The van der Waals surface area contributed by atoms with Crippen molar-refractivity contribution in [1.82, 2.24) is 19.6 Å². The summed E-state index contributed by atoms with van der Waals surface area (Å²) in [5.41, 5.74) is 5.67. The lowest BCUT2D eigenvalue weighted by Gasteiger charge is -2.28. The van der Waals surface area contributed by atoms with Crippen LogP contribution in [0.5, 0.6) is 5.75 Å². The Morgan fingerprint density at radius 2 is 1.74 bits per heavy atom. The lowest BCUT2D eigenvalue weighted by atomic mass is 9.86. The molecule has 2 heterocycles. The van der Waals surface area contributed by atoms with E-state index in [2.05, 4.69) is 47.5 Å². The number of carbonyl (C=O) groups excluding carboxylic acids is 1. The third kappa shape index (κ3) is 5.22. The number of nitrogens with zero attached hydrogens (tertiary/aromatic N) is 4. The van der Waals surface area contributed by atoms with E-state index in [4.69, 9.17) is 9.47 Å². The molecule has 2 aromatic heterocycles. The van der Waals surface area contributed by atoms with Gasteiger partial charge >= 0.3 is 5.97 Å². The molecule has 0 radical (unpaired) electrons. The number of aryl methyl sites for hydroxylation is 1. The number of rotatable bonds is 8. The van der Waals surface area contributed by atoms with E-state index in [1.807, 2.05) is 47.0 Å². The Morgan fingerprint density at radius 3 is 2.49 bits per heavy atom. The van der Waals surface area contributed by atoms with Crippen LogP contribution in [0.15, 0.2) is 67.1 Å². The van der Waals surface area contributed by atoms with Gasteiger partial charge in [-0.1, -0.05) is 43.5 Å². The quantitative estimate of drug-likeness (QED) is 0.241. The van der Waals surface area contributed by atoms with Gasteiger partial charge in [-0.2, -0.15) is 10.2 Å². The molecule has 0 spiro atoms. The zero-order valence-electron chi connectivity index (χ0n) is 22.9. The summed E-state index contributed by atoms with van der Waals surface area (Å²) in [6.07, 6.45) is 13.2. The molecule has 2 fully saturated rings. The van der Waals surface area contributed by atoms with Crippen LogP contribution in [0.4, 0.5) is 0 Å². The van der Waals surface area contributed by atoms with Gasteiger partial charge in [-0.3, -0.25) is 4.68 Å². The van der Waals surface area contributed by atoms with Crippen LogP contribution in [-0.2, 0) is 11.8 Å². The van der Waals surface area contributed by atoms with E-state index in [-0.39, 0.29) is 18.0 Å². The Bertz CT molecular complexity index is 1470. The van der Waals surface area contributed by atoms with Crippen LogP contribution in [0.25, 0.3) is 16.8 Å². The molecular formula is C32H36N4O3. The van der Waals surface area contributed by atoms with Gasteiger partial charge in [-0.15, -0.1) is 0 Å². The average Bonchev–Trinajstić information content (AvgIpc) is 3.42. The van der Waals surface area contributed by atoms with Crippen molar-refractivity contribution >= 4 is 5.97 Å². The summed E-state index contributed by atoms with van der Waals surface area (Å²) in [6.45, 7) is 2.21. The average molecular weight is 525 g/mol. The first-order valence-electron chi connectivity index (χ1n) is 14.0. The van der Waals surface area contributed by atoms with Gasteiger partial charge in [-0.25, -0.2) is 9.48 Å². The molecule has 202 valence electrons. The Balaban J connectivity index is 1.29. The maximum Gasteiger partial charge on any atom is 0.341 e. The largest absolute Gasteiger partial charge is 0.490 e. The number of hydrogen-bond acceptors (Lipinski definition) is 5. The molecule has 7 nitrogen and oxygen atoms in total. The Morgan fingerprint density at radius 1 is 0.974 bits per heavy atom. The SMILES string of the molecule is COC(=O)c1cnn(-c2cccc(-c3cccc(O[C@@H](C)C4CCCCC4)c3)c2)c1C1CC1c1cnn(C)c1. The fourth-order valence-electron chi connectivity index (χ4n) is 6.17. The topological polar surface area (TPSA) is 71.2 Å². The smallest absolute Gasteiger partial charge is 0.341 e. The number of ether oxygens (including phenoxy) is 2. The third-order valence-corrected chi connectivity index (χ3v) is 8.40. The monoisotopic (exact) mass is 524 g/mol. The van der Waals surface area contributed by atoms with E-state index >= 15 is 0 Å². The van der Waals surface area contributed by atoms with Gasteiger partial charge in [0.2, 0.25) is 0 Å². The number of carbonyl (C=O) groups is 1. The summed E-state index contributed by atoms with van der Waals surface area (Å²) in [5.74, 6) is 1.65.